The number of carbonyl (C=O) groups excluding carboxylic acids is 1. The quantitative estimate of drug-likeness (QED) is 0.730. The van der Waals surface area contributed by atoms with E-state index in [-0.39, 0.29) is 30.3 Å². The SMILES string of the molecule is COC(=O)c1ccccc1CS(=O)(=O)NCc1ccc2c(c1)CNC2.Cl. The van der Waals surface area contributed by atoms with Crippen LogP contribution in [0.25, 0.3) is 0 Å². The number of rotatable bonds is 6. The zero-order chi connectivity index (χ0) is 17.9. The van der Waals surface area contributed by atoms with Crippen molar-refractivity contribution in [2.75, 3.05) is 7.11 Å². The Morgan fingerprint density at radius 1 is 1.15 bits per heavy atom. The standard InChI is InChI=1S/C18H20N2O4S.ClH/c1-24-18(21)17-5-3-2-4-15(17)12-25(22,23)20-9-13-6-7-14-10-19-11-16(14)8-13;/h2-8,19-20H,9-12H2,1H3;1H. The van der Waals surface area contributed by atoms with E-state index < -0.39 is 16.0 Å². The second kappa shape index (κ2) is 8.64. The third-order valence-corrected chi connectivity index (χ3v) is 5.44. The maximum absolute atomic E-state index is 12.4. The molecule has 1 aliphatic heterocycles. The van der Waals surface area contributed by atoms with Gasteiger partial charge in [-0.05, 0) is 28.3 Å². The lowest BCUT2D eigenvalue weighted by atomic mass is 10.1. The molecule has 0 bridgehead atoms. The normalized spacial score (nSPS) is 13.0. The number of halogens is 1. The van der Waals surface area contributed by atoms with Gasteiger partial charge >= 0.3 is 5.97 Å². The monoisotopic (exact) mass is 396 g/mol. The van der Waals surface area contributed by atoms with Crippen molar-refractivity contribution < 1.29 is 17.9 Å². The van der Waals surface area contributed by atoms with E-state index in [9.17, 15) is 13.2 Å². The Hall–Kier alpha value is -1.93. The summed E-state index contributed by atoms with van der Waals surface area (Å²) in [7, 11) is -2.31. The van der Waals surface area contributed by atoms with Crippen LogP contribution in [0.2, 0.25) is 0 Å². The van der Waals surface area contributed by atoms with Crippen molar-refractivity contribution in [1.29, 1.82) is 0 Å². The van der Waals surface area contributed by atoms with Gasteiger partial charge in [0.1, 0.15) is 0 Å². The molecule has 26 heavy (non-hydrogen) atoms. The highest BCUT2D eigenvalue weighted by Gasteiger charge is 2.18. The van der Waals surface area contributed by atoms with Crippen molar-refractivity contribution in [3.8, 4) is 0 Å². The molecular formula is C18H21ClN2O4S. The first kappa shape index (κ1) is 20.4. The highest BCUT2D eigenvalue weighted by atomic mass is 35.5. The Kier molecular flexibility index (Phi) is 6.77. The molecule has 1 heterocycles. The van der Waals surface area contributed by atoms with Crippen molar-refractivity contribution in [1.82, 2.24) is 10.0 Å². The Morgan fingerprint density at radius 2 is 1.88 bits per heavy atom. The molecule has 0 saturated heterocycles. The zero-order valence-electron chi connectivity index (χ0n) is 14.3. The molecule has 140 valence electrons. The maximum atomic E-state index is 12.4. The third kappa shape index (κ3) is 4.82. The second-order valence-corrected chi connectivity index (χ2v) is 7.74. The largest absolute Gasteiger partial charge is 0.465 e. The van der Waals surface area contributed by atoms with Crippen LogP contribution < -0.4 is 10.0 Å². The maximum Gasteiger partial charge on any atom is 0.338 e. The molecule has 3 rings (SSSR count). The molecule has 1 aliphatic rings. The first-order valence-corrected chi connectivity index (χ1v) is 9.59. The Morgan fingerprint density at radius 3 is 2.65 bits per heavy atom. The predicted octanol–water partition coefficient (Wildman–Crippen LogP) is 2.12. The molecule has 2 N–H and O–H groups in total. The molecule has 8 heteroatoms. The second-order valence-electron chi connectivity index (χ2n) is 5.94. The van der Waals surface area contributed by atoms with E-state index in [1.807, 2.05) is 18.2 Å². The third-order valence-electron chi connectivity index (χ3n) is 4.17. The van der Waals surface area contributed by atoms with E-state index in [4.69, 9.17) is 4.74 Å². The lowest BCUT2D eigenvalue weighted by molar-refractivity contribution is 0.0600. The summed E-state index contributed by atoms with van der Waals surface area (Å²) < 4.78 is 32.1. The summed E-state index contributed by atoms with van der Waals surface area (Å²) in [6.45, 7) is 1.88. The number of esters is 1. The highest BCUT2D eigenvalue weighted by Crippen LogP contribution is 2.18. The molecule has 0 atom stereocenters. The molecule has 0 aliphatic carbocycles. The van der Waals surface area contributed by atoms with Crippen LogP contribution in [0.5, 0.6) is 0 Å². The van der Waals surface area contributed by atoms with Gasteiger partial charge in [0.05, 0.1) is 18.4 Å². The van der Waals surface area contributed by atoms with Crippen LogP contribution in [-0.2, 0) is 40.1 Å². The van der Waals surface area contributed by atoms with E-state index in [0.29, 0.717) is 5.56 Å². The number of carbonyl (C=O) groups is 1. The summed E-state index contributed by atoms with van der Waals surface area (Å²) in [4.78, 5) is 11.8. The summed E-state index contributed by atoms with van der Waals surface area (Å²) >= 11 is 0. The highest BCUT2D eigenvalue weighted by molar-refractivity contribution is 7.88. The van der Waals surface area contributed by atoms with Crippen LogP contribution in [0.1, 0.15) is 32.6 Å². The first-order valence-electron chi connectivity index (χ1n) is 7.93. The lowest BCUT2D eigenvalue weighted by Crippen LogP contribution is -2.25. The van der Waals surface area contributed by atoms with Crippen LogP contribution in [0.4, 0.5) is 0 Å². The van der Waals surface area contributed by atoms with Crippen molar-refractivity contribution in [3.05, 3.63) is 70.3 Å². The minimum Gasteiger partial charge on any atom is -0.465 e. The van der Waals surface area contributed by atoms with Gasteiger partial charge in [-0.1, -0.05) is 36.4 Å². The van der Waals surface area contributed by atoms with Gasteiger partial charge in [-0.2, -0.15) is 0 Å². The van der Waals surface area contributed by atoms with E-state index in [1.165, 1.54) is 18.2 Å². The molecule has 6 nitrogen and oxygen atoms in total. The van der Waals surface area contributed by atoms with Crippen LogP contribution in [0.15, 0.2) is 42.5 Å². The fourth-order valence-electron chi connectivity index (χ4n) is 2.86. The lowest BCUT2D eigenvalue weighted by Gasteiger charge is -2.10. The number of benzene rings is 2. The summed E-state index contributed by atoms with van der Waals surface area (Å²) in [5.74, 6) is -0.818. The number of nitrogens with one attached hydrogen (secondary N) is 2. The minimum atomic E-state index is -3.58. The number of methoxy groups -OCH3 is 1. The Bertz CT molecular complexity index is 900. The zero-order valence-corrected chi connectivity index (χ0v) is 16.0. The topological polar surface area (TPSA) is 84.5 Å². The fraction of sp³-hybridized carbons (Fsp3) is 0.278. The molecular weight excluding hydrogens is 376 g/mol. The van der Waals surface area contributed by atoms with E-state index in [1.54, 1.807) is 24.3 Å². The van der Waals surface area contributed by atoms with Crippen LogP contribution in [0, 0.1) is 0 Å². The van der Waals surface area contributed by atoms with Crippen molar-refractivity contribution in [3.63, 3.8) is 0 Å². The molecule has 0 aromatic heterocycles. The Balaban J connectivity index is 0.00000243. The smallest absolute Gasteiger partial charge is 0.338 e. The number of fused-ring (bicyclic) bond motifs is 1. The van der Waals surface area contributed by atoms with Gasteiger partial charge in [-0.15, -0.1) is 12.4 Å². The van der Waals surface area contributed by atoms with Crippen LogP contribution in [-0.4, -0.2) is 21.5 Å². The van der Waals surface area contributed by atoms with Gasteiger partial charge in [0.2, 0.25) is 10.0 Å². The summed E-state index contributed by atoms with van der Waals surface area (Å²) in [5.41, 5.74) is 4.04. The van der Waals surface area contributed by atoms with Gasteiger partial charge in [-0.3, -0.25) is 0 Å². The van der Waals surface area contributed by atoms with E-state index >= 15 is 0 Å². The van der Waals surface area contributed by atoms with Gasteiger partial charge in [0.25, 0.3) is 0 Å². The molecule has 2 aromatic carbocycles. The minimum absolute atomic E-state index is 0. The van der Waals surface area contributed by atoms with E-state index in [2.05, 4.69) is 10.0 Å². The number of sulfonamides is 1. The summed E-state index contributed by atoms with van der Waals surface area (Å²) in [5, 5.41) is 3.26. The van der Waals surface area contributed by atoms with Gasteiger partial charge in [0, 0.05) is 19.6 Å². The first-order chi connectivity index (χ1) is 12.0. The summed E-state index contributed by atoms with van der Waals surface area (Å²) in [6, 6.07) is 12.5. The van der Waals surface area contributed by atoms with Gasteiger partial charge in [-0.25, -0.2) is 17.9 Å². The van der Waals surface area contributed by atoms with E-state index in [0.717, 1.165) is 18.7 Å². The van der Waals surface area contributed by atoms with Gasteiger partial charge in [0.15, 0.2) is 0 Å². The van der Waals surface area contributed by atoms with Crippen molar-refractivity contribution >= 4 is 28.4 Å². The average molecular weight is 397 g/mol. The predicted molar refractivity (Wildman–Crippen MR) is 101 cm³/mol. The molecule has 0 radical (unpaired) electrons. The van der Waals surface area contributed by atoms with Crippen LogP contribution >= 0.6 is 12.4 Å². The van der Waals surface area contributed by atoms with Crippen molar-refractivity contribution in [2.45, 2.75) is 25.4 Å². The van der Waals surface area contributed by atoms with Crippen molar-refractivity contribution in [2.24, 2.45) is 0 Å². The van der Waals surface area contributed by atoms with Crippen LogP contribution in [0.3, 0.4) is 0 Å². The molecule has 0 saturated carbocycles. The summed E-state index contributed by atoms with van der Waals surface area (Å²) in [6.07, 6.45) is 0. The molecule has 0 unspecified atom stereocenters. The number of hydrogen-bond acceptors (Lipinski definition) is 5. The molecule has 0 amide bonds. The Labute approximate surface area is 159 Å². The number of hydrogen-bond donors (Lipinski definition) is 2. The van der Waals surface area contributed by atoms with Gasteiger partial charge < -0.3 is 10.1 Å². The molecule has 0 fully saturated rings. The number of ether oxygens (including phenoxy) is 1. The molecule has 2 aromatic rings. The fourth-order valence-corrected chi connectivity index (χ4v) is 4.01. The average Bonchev–Trinajstić information content (AvgIpc) is 3.07. The molecule has 0 spiro atoms.